The highest BCUT2D eigenvalue weighted by atomic mass is 32.2. The third-order valence-electron chi connectivity index (χ3n) is 5.52. The second-order valence-electron chi connectivity index (χ2n) is 8.56. The van der Waals surface area contributed by atoms with E-state index in [1.54, 1.807) is 9.80 Å². The summed E-state index contributed by atoms with van der Waals surface area (Å²) in [7, 11) is -3.80. The molecule has 0 spiro atoms. The van der Waals surface area contributed by atoms with Crippen LogP contribution in [-0.2, 0) is 19.6 Å². The lowest BCUT2D eigenvalue weighted by Gasteiger charge is -2.36. The maximum absolute atomic E-state index is 12.9. The topological polar surface area (TPSA) is 121 Å². The molecule has 0 radical (unpaired) electrons. The van der Waals surface area contributed by atoms with Crippen LogP contribution in [0.2, 0.25) is 0 Å². The van der Waals surface area contributed by atoms with Gasteiger partial charge in [0.15, 0.2) is 0 Å². The first-order valence-corrected chi connectivity index (χ1v) is 11.2. The van der Waals surface area contributed by atoms with E-state index < -0.39 is 20.9 Å². The van der Waals surface area contributed by atoms with E-state index in [4.69, 9.17) is 0 Å². The van der Waals surface area contributed by atoms with E-state index >= 15 is 0 Å². The first kappa shape index (κ1) is 22.2. The summed E-state index contributed by atoms with van der Waals surface area (Å²) in [6.45, 7) is 6.92. The Morgan fingerprint density at radius 2 is 1.67 bits per heavy atom. The Morgan fingerprint density at radius 1 is 1.10 bits per heavy atom. The van der Waals surface area contributed by atoms with Gasteiger partial charge < -0.3 is 9.80 Å². The van der Waals surface area contributed by atoms with E-state index in [0.717, 1.165) is 12.1 Å². The smallest absolute Gasteiger partial charge is 0.269 e. The van der Waals surface area contributed by atoms with Gasteiger partial charge in [-0.1, -0.05) is 0 Å². The number of piperazine rings is 1. The van der Waals surface area contributed by atoms with Gasteiger partial charge in [0.1, 0.15) is 0 Å². The summed E-state index contributed by atoms with van der Waals surface area (Å²) in [5, 5.41) is 10.8. The predicted molar refractivity (Wildman–Crippen MR) is 108 cm³/mol. The third kappa shape index (κ3) is 4.31. The second-order valence-corrected chi connectivity index (χ2v) is 10.5. The molecule has 0 aliphatic carbocycles. The Kier molecular flexibility index (Phi) is 5.87. The van der Waals surface area contributed by atoms with E-state index in [-0.39, 0.29) is 60.5 Å². The van der Waals surface area contributed by atoms with Crippen molar-refractivity contribution in [3.63, 3.8) is 0 Å². The quantitative estimate of drug-likeness (QED) is 0.512. The molecule has 2 heterocycles. The minimum atomic E-state index is -3.80. The van der Waals surface area contributed by atoms with Crippen molar-refractivity contribution in [2.45, 2.75) is 37.6 Å². The number of sulfonamides is 1. The van der Waals surface area contributed by atoms with Gasteiger partial charge >= 0.3 is 0 Å². The molecule has 1 aromatic rings. The average molecular weight is 439 g/mol. The number of nitrogens with zero attached hydrogens (tertiary/aromatic N) is 4. The highest BCUT2D eigenvalue weighted by molar-refractivity contribution is 7.89. The number of rotatable bonds is 4. The molecule has 1 atom stereocenters. The molecule has 2 amide bonds. The number of nitro groups is 1. The van der Waals surface area contributed by atoms with E-state index in [1.807, 2.05) is 20.8 Å². The number of carbonyl (C=O) groups excluding carboxylic acids is 2. The minimum Gasteiger partial charge on any atom is -0.340 e. The van der Waals surface area contributed by atoms with Crippen molar-refractivity contribution < 1.29 is 22.9 Å². The predicted octanol–water partition coefficient (Wildman–Crippen LogP) is 1.07. The molecule has 1 aromatic carbocycles. The van der Waals surface area contributed by atoms with Crippen LogP contribution < -0.4 is 0 Å². The summed E-state index contributed by atoms with van der Waals surface area (Å²) in [6.07, 6.45) is 0.178. The van der Waals surface area contributed by atoms with Crippen LogP contribution in [0.25, 0.3) is 0 Å². The number of benzene rings is 1. The van der Waals surface area contributed by atoms with Crippen molar-refractivity contribution in [3.05, 3.63) is 34.4 Å². The Morgan fingerprint density at radius 3 is 2.13 bits per heavy atom. The summed E-state index contributed by atoms with van der Waals surface area (Å²) < 4.78 is 26.9. The monoisotopic (exact) mass is 438 g/mol. The molecule has 30 heavy (non-hydrogen) atoms. The Bertz CT molecular complexity index is 946. The molecule has 3 rings (SSSR count). The fourth-order valence-corrected chi connectivity index (χ4v) is 5.24. The number of hydrogen-bond donors (Lipinski definition) is 0. The maximum atomic E-state index is 12.9. The van der Waals surface area contributed by atoms with Crippen LogP contribution in [0.1, 0.15) is 27.2 Å². The fraction of sp³-hybridized carbons (Fsp3) is 0.579. The normalized spacial score (nSPS) is 21.2. The minimum absolute atomic E-state index is 0.0184. The molecule has 1 unspecified atom stereocenters. The first-order chi connectivity index (χ1) is 13.9. The van der Waals surface area contributed by atoms with E-state index in [2.05, 4.69) is 0 Å². The van der Waals surface area contributed by atoms with E-state index in [9.17, 15) is 28.1 Å². The molecule has 0 aromatic heterocycles. The van der Waals surface area contributed by atoms with Gasteiger partial charge in [0, 0.05) is 56.8 Å². The molecule has 11 heteroatoms. The molecule has 0 bridgehead atoms. The van der Waals surface area contributed by atoms with Gasteiger partial charge in [-0.15, -0.1) is 0 Å². The zero-order chi connectivity index (χ0) is 22.3. The number of amides is 2. The molecule has 2 aliphatic heterocycles. The first-order valence-electron chi connectivity index (χ1n) is 9.75. The lowest BCUT2D eigenvalue weighted by atomic mass is 10.1. The second kappa shape index (κ2) is 7.95. The molecule has 0 saturated carbocycles. The molecule has 164 valence electrons. The lowest BCUT2D eigenvalue weighted by molar-refractivity contribution is -0.384. The van der Waals surface area contributed by atoms with Gasteiger partial charge in [0.05, 0.1) is 15.7 Å². The van der Waals surface area contributed by atoms with Crippen LogP contribution in [0, 0.1) is 16.0 Å². The highest BCUT2D eigenvalue weighted by Gasteiger charge is 2.41. The Hall–Kier alpha value is -2.53. The number of hydrogen-bond acceptors (Lipinski definition) is 6. The van der Waals surface area contributed by atoms with Crippen molar-refractivity contribution in [3.8, 4) is 0 Å². The molecular formula is C19H26N4O6S. The van der Waals surface area contributed by atoms with Gasteiger partial charge in [-0.2, -0.15) is 4.31 Å². The summed E-state index contributed by atoms with van der Waals surface area (Å²) in [5.41, 5.74) is -0.524. The molecule has 2 saturated heterocycles. The van der Waals surface area contributed by atoms with Gasteiger partial charge in [0.25, 0.3) is 5.69 Å². The third-order valence-corrected chi connectivity index (χ3v) is 7.43. The van der Waals surface area contributed by atoms with Gasteiger partial charge in [-0.3, -0.25) is 19.7 Å². The van der Waals surface area contributed by atoms with Crippen LogP contribution in [0.15, 0.2) is 29.2 Å². The summed E-state index contributed by atoms with van der Waals surface area (Å²) in [5.74, 6) is -0.572. The van der Waals surface area contributed by atoms with Crippen molar-refractivity contribution in [1.82, 2.24) is 14.1 Å². The lowest BCUT2D eigenvalue weighted by Crippen LogP contribution is -2.52. The number of carbonyl (C=O) groups is 2. The van der Waals surface area contributed by atoms with Gasteiger partial charge in [-0.25, -0.2) is 8.42 Å². The van der Waals surface area contributed by atoms with Crippen LogP contribution in [0.5, 0.6) is 0 Å². The number of likely N-dealkylation sites (tertiary alicyclic amines) is 1. The fourth-order valence-electron chi connectivity index (χ4n) is 3.82. The van der Waals surface area contributed by atoms with Crippen LogP contribution >= 0.6 is 0 Å². The number of non-ortho nitro benzene ring substituents is 1. The van der Waals surface area contributed by atoms with Crippen LogP contribution in [-0.4, -0.2) is 77.5 Å². The van der Waals surface area contributed by atoms with Crippen molar-refractivity contribution in [2.24, 2.45) is 5.92 Å². The maximum Gasteiger partial charge on any atom is 0.269 e. The van der Waals surface area contributed by atoms with Gasteiger partial charge in [-0.05, 0) is 32.9 Å². The van der Waals surface area contributed by atoms with Gasteiger partial charge in [0.2, 0.25) is 21.8 Å². The molecule has 2 aliphatic rings. The molecule has 0 N–H and O–H groups in total. The largest absolute Gasteiger partial charge is 0.340 e. The van der Waals surface area contributed by atoms with Crippen molar-refractivity contribution in [1.29, 1.82) is 0 Å². The highest BCUT2D eigenvalue weighted by Crippen LogP contribution is 2.28. The average Bonchev–Trinajstić information content (AvgIpc) is 3.09. The van der Waals surface area contributed by atoms with Crippen LogP contribution in [0.4, 0.5) is 5.69 Å². The van der Waals surface area contributed by atoms with E-state index in [0.29, 0.717) is 6.54 Å². The zero-order valence-electron chi connectivity index (χ0n) is 17.3. The standard InChI is InChI=1S/C19H26N4O6S/c1-19(2,3)22-13-14(12-17(22)24)18(25)20-8-10-21(11-9-20)30(28,29)16-6-4-15(5-7-16)23(26)27/h4-7,14H,8-13H2,1-3H3. The zero-order valence-corrected chi connectivity index (χ0v) is 18.1. The molecule has 2 fully saturated rings. The Labute approximate surface area is 175 Å². The van der Waals surface area contributed by atoms with Crippen molar-refractivity contribution >= 4 is 27.5 Å². The summed E-state index contributed by atoms with van der Waals surface area (Å²) in [6, 6.07) is 4.75. The van der Waals surface area contributed by atoms with E-state index in [1.165, 1.54) is 16.4 Å². The Balaban J connectivity index is 1.62. The van der Waals surface area contributed by atoms with Crippen molar-refractivity contribution in [2.75, 3.05) is 32.7 Å². The summed E-state index contributed by atoms with van der Waals surface area (Å²) >= 11 is 0. The van der Waals surface area contributed by atoms with Crippen LogP contribution in [0.3, 0.4) is 0 Å². The number of nitro benzene ring substituents is 1. The molecular weight excluding hydrogens is 412 g/mol. The SMILES string of the molecule is CC(C)(C)N1CC(C(=O)N2CCN(S(=O)(=O)c3ccc([N+](=O)[O-])cc3)CC2)CC1=O. The molecule has 10 nitrogen and oxygen atoms in total. The summed E-state index contributed by atoms with van der Waals surface area (Å²) in [4.78, 5) is 38.6.